The second-order valence-corrected chi connectivity index (χ2v) is 4.63. The van der Waals surface area contributed by atoms with Gasteiger partial charge in [-0.15, -0.1) is 12.4 Å². The maximum atomic E-state index is 12.8. The highest BCUT2D eigenvalue weighted by molar-refractivity contribution is 5.85. The van der Waals surface area contributed by atoms with Crippen molar-refractivity contribution in [1.82, 2.24) is 5.32 Å². The molecule has 0 fully saturated rings. The van der Waals surface area contributed by atoms with Gasteiger partial charge in [-0.1, -0.05) is 24.3 Å². The normalized spacial score (nSPS) is 9.86. The lowest BCUT2D eigenvalue weighted by atomic mass is 10.2. The zero-order chi connectivity index (χ0) is 15.1. The third-order valence-electron chi connectivity index (χ3n) is 2.88. The molecule has 3 N–H and O–H groups in total. The lowest BCUT2D eigenvalue weighted by molar-refractivity contribution is -0.119. The van der Waals surface area contributed by atoms with Crippen molar-refractivity contribution in [3.05, 3.63) is 65.5 Å². The van der Waals surface area contributed by atoms with Gasteiger partial charge < -0.3 is 15.8 Å². The van der Waals surface area contributed by atoms with E-state index in [1.807, 2.05) is 12.1 Å². The lowest BCUT2D eigenvalue weighted by Crippen LogP contribution is -2.20. The molecule has 0 heterocycles. The van der Waals surface area contributed by atoms with Gasteiger partial charge in [0.15, 0.2) is 6.61 Å². The lowest BCUT2D eigenvalue weighted by Gasteiger charge is -2.07. The highest BCUT2D eigenvalue weighted by atomic mass is 35.5. The molecule has 0 spiro atoms. The van der Waals surface area contributed by atoms with Crippen LogP contribution in [0.25, 0.3) is 0 Å². The van der Waals surface area contributed by atoms with E-state index in [4.69, 9.17) is 10.5 Å². The summed E-state index contributed by atoms with van der Waals surface area (Å²) in [4.78, 5) is 10.6. The average Bonchev–Trinajstić information content (AvgIpc) is 2.48. The third-order valence-corrected chi connectivity index (χ3v) is 2.88. The predicted octanol–water partition coefficient (Wildman–Crippen LogP) is 2.40. The van der Waals surface area contributed by atoms with E-state index >= 15 is 0 Å². The second kappa shape index (κ2) is 9.02. The van der Waals surface area contributed by atoms with E-state index in [-0.39, 0.29) is 24.8 Å². The summed E-state index contributed by atoms with van der Waals surface area (Å²) in [6, 6.07) is 13.8. The molecule has 0 atom stereocenters. The maximum Gasteiger partial charge on any atom is 0.255 e. The van der Waals surface area contributed by atoms with Crippen LogP contribution < -0.4 is 15.8 Å². The first kappa shape index (κ1) is 17.9. The van der Waals surface area contributed by atoms with Gasteiger partial charge in [0.25, 0.3) is 5.91 Å². The van der Waals surface area contributed by atoms with E-state index in [0.29, 0.717) is 18.8 Å². The van der Waals surface area contributed by atoms with Gasteiger partial charge in [0.05, 0.1) is 0 Å². The number of primary amides is 1. The topological polar surface area (TPSA) is 64.4 Å². The summed E-state index contributed by atoms with van der Waals surface area (Å²) in [5.41, 5.74) is 7.12. The van der Waals surface area contributed by atoms with E-state index in [0.717, 1.165) is 11.1 Å². The summed E-state index contributed by atoms with van der Waals surface area (Å²) in [6.07, 6.45) is 0. The number of ether oxygens (including phenoxy) is 1. The number of hydrogen-bond acceptors (Lipinski definition) is 3. The fourth-order valence-electron chi connectivity index (χ4n) is 1.81. The fraction of sp³-hybridized carbons (Fsp3) is 0.188. The van der Waals surface area contributed by atoms with Crippen LogP contribution in [0.1, 0.15) is 11.1 Å². The number of nitrogens with two attached hydrogens (primary N) is 1. The van der Waals surface area contributed by atoms with Crippen LogP contribution in [0.5, 0.6) is 5.75 Å². The molecule has 4 nitrogen and oxygen atoms in total. The smallest absolute Gasteiger partial charge is 0.255 e. The predicted molar refractivity (Wildman–Crippen MR) is 85.3 cm³/mol. The van der Waals surface area contributed by atoms with Gasteiger partial charge in [-0.2, -0.15) is 0 Å². The van der Waals surface area contributed by atoms with Crippen molar-refractivity contribution >= 4 is 18.3 Å². The van der Waals surface area contributed by atoms with Crippen molar-refractivity contribution in [2.75, 3.05) is 6.61 Å². The van der Waals surface area contributed by atoms with Crippen LogP contribution in [-0.2, 0) is 17.9 Å². The van der Waals surface area contributed by atoms with Gasteiger partial charge >= 0.3 is 0 Å². The molecule has 118 valence electrons. The average molecular weight is 325 g/mol. The molecular weight excluding hydrogens is 307 g/mol. The molecule has 0 aliphatic carbocycles. The first-order chi connectivity index (χ1) is 10.1. The van der Waals surface area contributed by atoms with Crippen LogP contribution in [0, 0.1) is 5.82 Å². The molecule has 22 heavy (non-hydrogen) atoms. The quantitative estimate of drug-likeness (QED) is 0.822. The Balaban J connectivity index is 0.00000242. The minimum atomic E-state index is -0.500. The first-order valence-corrected chi connectivity index (χ1v) is 6.59. The van der Waals surface area contributed by atoms with Crippen molar-refractivity contribution in [2.24, 2.45) is 5.73 Å². The minimum absolute atomic E-state index is 0. The Morgan fingerprint density at radius 2 is 1.50 bits per heavy atom. The molecule has 2 rings (SSSR count). The molecular formula is C16H18ClFN2O2. The van der Waals surface area contributed by atoms with Gasteiger partial charge in [-0.3, -0.25) is 4.79 Å². The van der Waals surface area contributed by atoms with E-state index in [9.17, 15) is 9.18 Å². The van der Waals surface area contributed by atoms with Crippen molar-refractivity contribution in [3.8, 4) is 5.75 Å². The largest absolute Gasteiger partial charge is 0.484 e. The van der Waals surface area contributed by atoms with Crippen molar-refractivity contribution < 1.29 is 13.9 Å². The van der Waals surface area contributed by atoms with E-state index in [1.165, 1.54) is 12.1 Å². The Hall–Kier alpha value is -2.11. The summed E-state index contributed by atoms with van der Waals surface area (Å²) in [5.74, 6) is -0.124. The molecule has 2 aromatic rings. The van der Waals surface area contributed by atoms with E-state index < -0.39 is 5.91 Å². The summed E-state index contributed by atoms with van der Waals surface area (Å²) in [6.45, 7) is 1.23. The van der Waals surface area contributed by atoms with Crippen LogP contribution in [0.15, 0.2) is 48.5 Å². The van der Waals surface area contributed by atoms with Crippen LogP contribution >= 0.6 is 12.4 Å². The fourth-order valence-corrected chi connectivity index (χ4v) is 1.81. The van der Waals surface area contributed by atoms with Crippen LogP contribution in [0.2, 0.25) is 0 Å². The molecule has 0 aliphatic heterocycles. The number of carbonyl (C=O) groups excluding carboxylic acids is 1. The Morgan fingerprint density at radius 3 is 2.00 bits per heavy atom. The number of rotatable bonds is 7. The van der Waals surface area contributed by atoms with Crippen molar-refractivity contribution in [1.29, 1.82) is 0 Å². The summed E-state index contributed by atoms with van der Waals surface area (Å²) in [5, 5.41) is 3.27. The Bertz CT molecular complexity index is 588. The molecule has 0 unspecified atom stereocenters. The minimum Gasteiger partial charge on any atom is -0.484 e. The zero-order valence-electron chi connectivity index (χ0n) is 11.9. The number of benzene rings is 2. The highest BCUT2D eigenvalue weighted by Gasteiger charge is 1.99. The number of carbonyl (C=O) groups is 1. The first-order valence-electron chi connectivity index (χ1n) is 6.59. The van der Waals surface area contributed by atoms with Gasteiger partial charge in [0.2, 0.25) is 0 Å². The third kappa shape index (κ3) is 6.11. The summed E-state index contributed by atoms with van der Waals surface area (Å²) < 4.78 is 17.9. The number of halogens is 2. The van der Waals surface area contributed by atoms with Gasteiger partial charge in [0, 0.05) is 13.1 Å². The van der Waals surface area contributed by atoms with Crippen LogP contribution in [0.3, 0.4) is 0 Å². The molecule has 0 bridgehead atoms. The van der Waals surface area contributed by atoms with Crippen molar-refractivity contribution in [3.63, 3.8) is 0 Å². The van der Waals surface area contributed by atoms with Gasteiger partial charge in [-0.25, -0.2) is 4.39 Å². The number of amides is 1. The number of hydrogen-bond donors (Lipinski definition) is 2. The van der Waals surface area contributed by atoms with E-state index in [2.05, 4.69) is 5.32 Å². The van der Waals surface area contributed by atoms with Gasteiger partial charge in [-0.05, 0) is 35.4 Å². The maximum absolute atomic E-state index is 12.8. The molecule has 0 saturated heterocycles. The van der Waals surface area contributed by atoms with Crippen molar-refractivity contribution in [2.45, 2.75) is 13.1 Å². The standard InChI is InChI=1S/C16H17FN2O2.ClH/c17-14-5-1-12(2-6-14)9-19-10-13-3-7-15(8-4-13)21-11-16(18)20;/h1-8,19H,9-11H2,(H2,18,20);1H. The van der Waals surface area contributed by atoms with E-state index in [1.54, 1.807) is 24.3 Å². The second-order valence-electron chi connectivity index (χ2n) is 4.63. The molecule has 2 aromatic carbocycles. The van der Waals surface area contributed by atoms with Crippen LogP contribution in [-0.4, -0.2) is 12.5 Å². The summed E-state index contributed by atoms with van der Waals surface area (Å²) >= 11 is 0. The molecule has 0 aromatic heterocycles. The zero-order valence-corrected chi connectivity index (χ0v) is 12.7. The molecule has 0 radical (unpaired) electrons. The Kier molecular flexibility index (Phi) is 7.36. The number of nitrogens with one attached hydrogen (secondary N) is 1. The Labute approximate surface area is 134 Å². The Morgan fingerprint density at radius 1 is 1.00 bits per heavy atom. The molecule has 0 saturated carbocycles. The van der Waals surface area contributed by atoms with Gasteiger partial charge in [0.1, 0.15) is 11.6 Å². The molecule has 6 heteroatoms. The molecule has 0 aliphatic rings. The van der Waals surface area contributed by atoms with Crippen LogP contribution in [0.4, 0.5) is 4.39 Å². The highest BCUT2D eigenvalue weighted by Crippen LogP contribution is 2.12. The SMILES string of the molecule is Cl.NC(=O)COc1ccc(CNCc2ccc(F)cc2)cc1. The summed E-state index contributed by atoms with van der Waals surface area (Å²) in [7, 11) is 0. The molecule has 1 amide bonds. The monoisotopic (exact) mass is 324 g/mol.